The fraction of sp³-hybridized carbons (Fsp3) is 0.536. The lowest BCUT2D eigenvalue weighted by molar-refractivity contribution is -0.155. The van der Waals surface area contributed by atoms with Gasteiger partial charge >= 0.3 is 13.7 Å². The third-order valence-corrected chi connectivity index (χ3v) is 9.70. The van der Waals surface area contributed by atoms with Gasteiger partial charge in [0.2, 0.25) is 0 Å². The van der Waals surface area contributed by atoms with Gasteiger partial charge in [-0.05, 0) is 63.3 Å². The number of anilines is 1. The lowest BCUT2D eigenvalue weighted by Gasteiger charge is -2.33. The van der Waals surface area contributed by atoms with E-state index in [1.54, 1.807) is 42.5 Å². The molecule has 1 aromatic carbocycles. The molecule has 0 spiro atoms. The summed E-state index contributed by atoms with van der Waals surface area (Å²) in [5, 5.41) is 29.8. The van der Waals surface area contributed by atoms with Crippen LogP contribution in [0, 0.1) is 5.92 Å². The first-order chi connectivity index (χ1) is 19.9. The summed E-state index contributed by atoms with van der Waals surface area (Å²) >= 11 is 0. The second-order valence-corrected chi connectivity index (χ2v) is 13.0. The highest BCUT2D eigenvalue weighted by atomic mass is 31.2. The summed E-state index contributed by atoms with van der Waals surface area (Å²) < 4.78 is 38.6. The van der Waals surface area contributed by atoms with Crippen molar-refractivity contribution in [2.75, 3.05) is 18.9 Å². The molecule has 1 aliphatic heterocycles. The van der Waals surface area contributed by atoms with Gasteiger partial charge in [0.25, 0.3) is 0 Å². The number of hydrogen-bond acceptors (Lipinski definition) is 11. The first-order valence-electron chi connectivity index (χ1n) is 14.0. The van der Waals surface area contributed by atoms with Gasteiger partial charge in [0.05, 0.1) is 18.9 Å². The predicted octanol–water partition coefficient (Wildman–Crippen LogP) is 2.95. The summed E-state index contributed by atoms with van der Waals surface area (Å²) in [5.74, 6) is 0.100. The van der Waals surface area contributed by atoms with Crippen molar-refractivity contribution < 1.29 is 38.1 Å². The molecule has 2 aliphatic rings. The van der Waals surface area contributed by atoms with Crippen LogP contribution in [0.2, 0.25) is 0 Å². The van der Waals surface area contributed by atoms with Gasteiger partial charge in [-0.1, -0.05) is 31.5 Å². The summed E-state index contributed by atoms with van der Waals surface area (Å²) in [6.07, 6.45) is 3.32. The highest BCUT2D eigenvalue weighted by molar-refractivity contribution is 7.52. The molecule has 0 radical (unpaired) electrons. The number of rotatable bonds is 10. The van der Waals surface area contributed by atoms with Crippen LogP contribution in [-0.2, 0) is 29.0 Å². The van der Waals surface area contributed by atoms with Gasteiger partial charge in [0, 0.05) is 0 Å². The van der Waals surface area contributed by atoms with Crippen molar-refractivity contribution in [3.8, 4) is 5.75 Å². The molecule has 0 bridgehead atoms. The second-order valence-electron chi connectivity index (χ2n) is 11.4. The number of carbonyl (C=O) groups excluding carboxylic acids is 1. The van der Waals surface area contributed by atoms with E-state index in [4.69, 9.17) is 24.3 Å². The quantitative estimate of drug-likeness (QED) is 0.197. The molecule has 14 heteroatoms. The van der Waals surface area contributed by atoms with E-state index in [2.05, 4.69) is 22.1 Å². The van der Waals surface area contributed by atoms with Crippen molar-refractivity contribution in [2.45, 2.75) is 75.9 Å². The number of nitrogens with one attached hydrogen (secondary N) is 1. The van der Waals surface area contributed by atoms with Crippen LogP contribution >= 0.6 is 7.75 Å². The van der Waals surface area contributed by atoms with E-state index in [-0.39, 0.29) is 35.9 Å². The Hall–Kier alpha value is -3.06. The summed E-state index contributed by atoms with van der Waals surface area (Å²) in [6, 6.07) is 10.5. The van der Waals surface area contributed by atoms with Crippen molar-refractivity contribution >= 4 is 25.1 Å². The number of nitrogens with two attached hydrogens (primary N) is 1. The Morgan fingerprint density at radius 1 is 1.26 bits per heavy atom. The Morgan fingerprint density at radius 2 is 2.00 bits per heavy atom. The number of para-hydroxylation sites is 1. The molecule has 5 rings (SSSR count). The second kappa shape index (κ2) is 11.9. The molecule has 2 fully saturated rings. The lowest BCUT2D eigenvalue weighted by atomic mass is 9.86. The number of aromatic nitrogens is 3. The molecule has 42 heavy (non-hydrogen) atoms. The van der Waals surface area contributed by atoms with Gasteiger partial charge in [-0.3, -0.25) is 9.32 Å². The summed E-state index contributed by atoms with van der Waals surface area (Å²) in [6.45, 7) is 4.31. The zero-order chi connectivity index (χ0) is 30.1. The zero-order valence-electron chi connectivity index (χ0n) is 23.9. The Balaban J connectivity index is 1.33. The number of esters is 1. The molecule has 1 saturated carbocycles. The van der Waals surface area contributed by atoms with Crippen molar-refractivity contribution in [3.63, 3.8) is 0 Å². The fourth-order valence-electron chi connectivity index (χ4n) is 5.47. The van der Waals surface area contributed by atoms with Gasteiger partial charge in [-0.2, -0.15) is 10.2 Å². The Labute approximate surface area is 243 Å². The number of nitrogen functional groups attached to an aromatic ring is 1. The molecule has 228 valence electrons. The summed E-state index contributed by atoms with van der Waals surface area (Å²) in [4.78, 5) is 16.9. The smallest absolute Gasteiger partial charge is 0.459 e. The maximum Gasteiger partial charge on any atom is 0.459 e. The van der Waals surface area contributed by atoms with E-state index < -0.39 is 43.7 Å². The number of ether oxygens (including phenoxy) is 2. The third-order valence-electron chi connectivity index (χ3n) is 8.07. The molecule has 3 heterocycles. The topological polar surface area (TPSA) is 180 Å². The Bertz CT molecular complexity index is 1460. The van der Waals surface area contributed by atoms with Crippen LogP contribution in [0.5, 0.6) is 5.75 Å². The van der Waals surface area contributed by atoms with E-state index in [1.807, 2.05) is 0 Å². The minimum absolute atomic E-state index is 0.204. The monoisotopic (exact) mass is 603 g/mol. The van der Waals surface area contributed by atoms with Gasteiger partial charge in [-0.15, -0.1) is 0 Å². The zero-order valence-corrected chi connectivity index (χ0v) is 24.8. The van der Waals surface area contributed by atoms with Crippen molar-refractivity contribution in [1.29, 1.82) is 0 Å². The Morgan fingerprint density at radius 3 is 2.74 bits per heavy atom. The molecule has 1 aliphatic carbocycles. The van der Waals surface area contributed by atoms with Crippen LogP contribution < -0.4 is 15.3 Å². The molecular formula is C28H38N5O8P. The van der Waals surface area contributed by atoms with E-state index in [9.17, 15) is 19.6 Å². The molecule has 3 aromatic rings. The number of hydrogen-bond donors (Lipinski definition) is 4. The first-order valence-corrected chi connectivity index (χ1v) is 15.6. The molecule has 1 unspecified atom stereocenters. The van der Waals surface area contributed by atoms with Crippen molar-refractivity contribution in [2.24, 2.45) is 5.92 Å². The molecule has 2 aromatic heterocycles. The minimum Gasteiger partial charge on any atom is -0.461 e. The minimum atomic E-state index is -4.25. The van der Waals surface area contributed by atoms with Crippen molar-refractivity contribution in [3.05, 3.63) is 54.5 Å². The normalized spacial score (nSPS) is 30.1. The molecular weight excluding hydrogens is 565 g/mol. The summed E-state index contributed by atoms with van der Waals surface area (Å²) in [7, 11) is -4.25. The number of fused-ring (bicyclic) bond motifs is 1. The third kappa shape index (κ3) is 6.03. The molecule has 1 saturated heterocycles. The molecule has 13 nitrogen and oxygen atoms in total. The number of aliphatic hydroxyl groups excluding tert-OH is 1. The maximum absolute atomic E-state index is 14.1. The SMILES string of the molecule is C[C@H](NP(=O)(OC[C@@]1(C)OC[C@@](O)(c2ccc3c(N)ncnn23)[C@@H]1O)Oc1ccccc1)C(=O)O[C@H]1CCCC[C@@H]1C. The average molecular weight is 604 g/mol. The van der Waals surface area contributed by atoms with Crippen LogP contribution in [0.25, 0.3) is 5.52 Å². The highest BCUT2D eigenvalue weighted by Gasteiger charge is 2.58. The fourth-order valence-corrected chi connectivity index (χ4v) is 7.06. The van der Waals surface area contributed by atoms with Crippen LogP contribution in [0.1, 0.15) is 52.1 Å². The van der Waals surface area contributed by atoms with E-state index in [1.165, 1.54) is 24.7 Å². The van der Waals surface area contributed by atoms with Crippen molar-refractivity contribution in [1.82, 2.24) is 19.7 Å². The van der Waals surface area contributed by atoms with Gasteiger partial charge in [-0.25, -0.2) is 14.1 Å². The van der Waals surface area contributed by atoms with Gasteiger partial charge in [0.15, 0.2) is 11.4 Å². The lowest BCUT2D eigenvalue weighted by Crippen LogP contribution is -2.50. The van der Waals surface area contributed by atoms with Crippen LogP contribution in [0.15, 0.2) is 48.8 Å². The Kier molecular flexibility index (Phi) is 8.62. The largest absolute Gasteiger partial charge is 0.461 e. The van der Waals surface area contributed by atoms with E-state index in [0.717, 1.165) is 25.7 Å². The highest BCUT2D eigenvalue weighted by Crippen LogP contribution is 2.48. The predicted molar refractivity (Wildman–Crippen MR) is 152 cm³/mol. The first kappa shape index (κ1) is 30.4. The molecule has 0 amide bonds. The molecule has 5 N–H and O–H groups in total. The van der Waals surface area contributed by atoms with Crippen LogP contribution in [0.3, 0.4) is 0 Å². The standard InChI is InChI=1S/C28H38N5O8P/c1-18-9-7-8-12-22(18)40-25(34)19(2)32-42(37,41-20-10-5-4-6-11-20)39-15-27(3)26(35)28(36,16-38-27)23-14-13-21-24(29)30-17-31-33(21)23/h4-6,10-11,13-14,17-19,22,26,35-36H,7-9,12,15-16H2,1-3H3,(H,32,37)(H2,29,30,31)/t18-,19-,22-,26+,27+,28+,42?/m0/s1. The van der Waals surface area contributed by atoms with Crippen LogP contribution in [-0.4, -0.2) is 67.8 Å². The maximum atomic E-state index is 14.1. The van der Waals surface area contributed by atoms with Crippen LogP contribution in [0.4, 0.5) is 5.82 Å². The average Bonchev–Trinajstić information content (AvgIpc) is 3.51. The van der Waals surface area contributed by atoms with E-state index in [0.29, 0.717) is 5.52 Å². The van der Waals surface area contributed by atoms with E-state index >= 15 is 0 Å². The molecule has 7 atom stereocenters. The van der Waals surface area contributed by atoms with Gasteiger partial charge < -0.3 is 29.9 Å². The number of benzene rings is 1. The summed E-state index contributed by atoms with van der Waals surface area (Å²) in [5.41, 5.74) is 3.17. The van der Waals surface area contributed by atoms with Gasteiger partial charge in [0.1, 0.15) is 41.4 Å². The number of carbonyl (C=O) groups is 1. The number of nitrogens with zero attached hydrogens (tertiary/aromatic N) is 3. The number of aliphatic hydroxyl groups is 2.